The third-order valence-electron chi connectivity index (χ3n) is 2.20. The minimum absolute atomic E-state index is 0.554. The molecule has 0 aliphatic rings. The largest absolute Gasteiger partial charge is 0.389 e. The second-order valence-corrected chi connectivity index (χ2v) is 5.58. The van der Waals surface area contributed by atoms with Gasteiger partial charge in [0.05, 0.1) is 15.6 Å². The van der Waals surface area contributed by atoms with Gasteiger partial charge >= 0.3 is 0 Å². The molecule has 4 heteroatoms. The van der Waals surface area contributed by atoms with Crippen LogP contribution in [0.3, 0.4) is 0 Å². The third-order valence-corrected chi connectivity index (χ3v) is 4.30. The van der Waals surface area contributed by atoms with Gasteiger partial charge in [0, 0.05) is 10.6 Å². The van der Waals surface area contributed by atoms with E-state index in [0.717, 1.165) is 11.3 Å². The van der Waals surface area contributed by atoms with Gasteiger partial charge in [0.15, 0.2) is 0 Å². The van der Waals surface area contributed by atoms with E-state index in [4.69, 9.17) is 23.2 Å². The number of benzene rings is 1. The normalized spacial score (nSPS) is 15.0. The van der Waals surface area contributed by atoms with Crippen LogP contribution in [-0.4, -0.2) is 16.5 Å². The molecule has 1 aromatic carbocycles. The van der Waals surface area contributed by atoms with E-state index in [9.17, 15) is 5.11 Å². The summed E-state index contributed by atoms with van der Waals surface area (Å²) in [6.45, 7) is 3.80. The molecular weight excluding hydrogens is 251 g/mol. The molecule has 0 fully saturated rings. The van der Waals surface area contributed by atoms with E-state index in [1.165, 1.54) is 0 Å². The van der Waals surface area contributed by atoms with Gasteiger partial charge in [0.2, 0.25) is 0 Å². The van der Waals surface area contributed by atoms with Gasteiger partial charge in [0.1, 0.15) is 0 Å². The Morgan fingerprint density at radius 3 is 2.53 bits per heavy atom. The van der Waals surface area contributed by atoms with E-state index in [1.54, 1.807) is 17.8 Å². The number of hydrogen-bond acceptors (Lipinski definition) is 2. The predicted molar refractivity (Wildman–Crippen MR) is 68.1 cm³/mol. The number of halogens is 2. The van der Waals surface area contributed by atoms with Crippen LogP contribution >= 0.6 is 35.0 Å². The van der Waals surface area contributed by atoms with Gasteiger partial charge in [-0.1, -0.05) is 30.1 Å². The summed E-state index contributed by atoms with van der Waals surface area (Å²) in [6.07, 6.45) is 0.737. The second kappa shape index (κ2) is 5.44. The molecule has 15 heavy (non-hydrogen) atoms. The molecule has 0 heterocycles. The quantitative estimate of drug-likeness (QED) is 0.821. The van der Waals surface area contributed by atoms with Crippen LogP contribution in [0.15, 0.2) is 23.1 Å². The van der Waals surface area contributed by atoms with Gasteiger partial charge in [-0.2, -0.15) is 0 Å². The fraction of sp³-hybridized carbons (Fsp3) is 0.455. The van der Waals surface area contributed by atoms with Crippen molar-refractivity contribution in [2.24, 2.45) is 0 Å². The van der Waals surface area contributed by atoms with Crippen LogP contribution in [0.2, 0.25) is 10.0 Å². The SMILES string of the molecule is CCC(C)(O)CSc1ccc(Cl)c(Cl)c1. The Morgan fingerprint density at radius 2 is 2.00 bits per heavy atom. The Hall–Kier alpha value is 0.110. The molecule has 0 amide bonds. The predicted octanol–water partition coefficient (Wildman–Crippen LogP) is 4.25. The molecule has 0 aliphatic heterocycles. The third kappa shape index (κ3) is 4.23. The molecule has 1 aromatic rings. The van der Waals surface area contributed by atoms with Crippen LogP contribution in [0.4, 0.5) is 0 Å². The van der Waals surface area contributed by atoms with Gasteiger partial charge < -0.3 is 5.11 Å². The molecule has 1 N–H and O–H groups in total. The zero-order valence-electron chi connectivity index (χ0n) is 8.76. The number of aliphatic hydroxyl groups is 1. The lowest BCUT2D eigenvalue weighted by Crippen LogP contribution is -2.25. The second-order valence-electron chi connectivity index (χ2n) is 3.72. The fourth-order valence-corrected chi connectivity index (χ4v) is 2.32. The average molecular weight is 265 g/mol. The molecule has 0 radical (unpaired) electrons. The molecule has 0 aliphatic carbocycles. The standard InChI is InChI=1S/C11H14Cl2OS/c1-3-11(2,14)7-15-8-4-5-9(12)10(13)6-8/h4-6,14H,3,7H2,1-2H3. The number of hydrogen-bond donors (Lipinski definition) is 1. The summed E-state index contributed by atoms with van der Waals surface area (Å²) >= 11 is 13.3. The molecule has 1 atom stereocenters. The van der Waals surface area contributed by atoms with Crippen LogP contribution in [0.25, 0.3) is 0 Å². The summed E-state index contributed by atoms with van der Waals surface area (Å²) < 4.78 is 0. The summed E-state index contributed by atoms with van der Waals surface area (Å²) in [6, 6.07) is 5.50. The lowest BCUT2D eigenvalue weighted by atomic mass is 10.1. The Labute approximate surface area is 105 Å². The molecule has 1 nitrogen and oxygen atoms in total. The van der Waals surface area contributed by atoms with Crippen molar-refractivity contribution < 1.29 is 5.11 Å². The minimum Gasteiger partial charge on any atom is -0.389 e. The summed E-state index contributed by atoms with van der Waals surface area (Å²) in [5.41, 5.74) is -0.628. The van der Waals surface area contributed by atoms with Crippen LogP contribution in [0, 0.1) is 0 Å². The van der Waals surface area contributed by atoms with Crippen LogP contribution in [0.5, 0.6) is 0 Å². The van der Waals surface area contributed by atoms with Crippen LogP contribution < -0.4 is 0 Å². The Balaban J connectivity index is 2.62. The summed E-state index contributed by atoms with van der Waals surface area (Å²) in [5.74, 6) is 0.654. The van der Waals surface area contributed by atoms with Gasteiger partial charge in [-0.3, -0.25) is 0 Å². The molecule has 84 valence electrons. The molecule has 0 saturated heterocycles. The maximum Gasteiger partial charge on any atom is 0.0710 e. The maximum atomic E-state index is 9.83. The zero-order chi connectivity index (χ0) is 11.5. The van der Waals surface area contributed by atoms with Crippen molar-refractivity contribution in [3.05, 3.63) is 28.2 Å². The van der Waals surface area contributed by atoms with Crippen LogP contribution in [-0.2, 0) is 0 Å². The summed E-state index contributed by atoms with van der Waals surface area (Å²) in [4.78, 5) is 1.03. The molecule has 1 rings (SSSR count). The van der Waals surface area contributed by atoms with Crippen LogP contribution in [0.1, 0.15) is 20.3 Å². The maximum absolute atomic E-state index is 9.83. The van der Waals surface area contributed by atoms with Crippen molar-refractivity contribution in [1.82, 2.24) is 0 Å². The van der Waals surface area contributed by atoms with Crippen molar-refractivity contribution >= 4 is 35.0 Å². The molecule has 1 unspecified atom stereocenters. The van der Waals surface area contributed by atoms with Crippen molar-refractivity contribution in [2.45, 2.75) is 30.8 Å². The van der Waals surface area contributed by atoms with E-state index in [0.29, 0.717) is 15.8 Å². The summed E-state index contributed by atoms with van der Waals surface area (Å²) in [7, 11) is 0. The first-order chi connectivity index (χ1) is 6.94. The average Bonchev–Trinajstić information content (AvgIpc) is 2.20. The van der Waals surface area contributed by atoms with Gasteiger partial charge in [-0.05, 0) is 31.5 Å². The first kappa shape index (κ1) is 13.2. The van der Waals surface area contributed by atoms with Crippen molar-refractivity contribution in [3.8, 4) is 0 Å². The topological polar surface area (TPSA) is 20.2 Å². The van der Waals surface area contributed by atoms with E-state index in [2.05, 4.69) is 0 Å². The Morgan fingerprint density at radius 1 is 1.33 bits per heavy atom. The Bertz CT molecular complexity index is 339. The zero-order valence-corrected chi connectivity index (χ0v) is 11.1. The van der Waals surface area contributed by atoms with Gasteiger partial charge in [-0.25, -0.2) is 0 Å². The highest BCUT2D eigenvalue weighted by atomic mass is 35.5. The lowest BCUT2D eigenvalue weighted by Gasteiger charge is -2.20. The van der Waals surface area contributed by atoms with E-state index in [1.807, 2.05) is 26.0 Å². The highest BCUT2D eigenvalue weighted by Gasteiger charge is 2.17. The minimum atomic E-state index is -0.628. The van der Waals surface area contributed by atoms with Crippen molar-refractivity contribution in [3.63, 3.8) is 0 Å². The van der Waals surface area contributed by atoms with Crippen molar-refractivity contribution in [1.29, 1.82) is 0 Å². The molecule has 0 spiro atoms. The first-order valence-electron chi connectivity index (χ1n) is 4.75. The number of rotatable bonds is 4. The summed E-state index contributed by atoms with van der Waals surface area (Å²) in [5, 5.41) is 10.9. The molecular formula is C11H14Cl2OS. The highest BCUT2D eigenvalue weighted by molar-refractivity contribution is 7.99. The van der Waals surface area contributed by atoms with E-state index < -0.39 is 5.60 Å². The smallest absolute Gasteiger partial charge is 0.0710 e. The monoisotopic (exact) mass is 264 g/mol. The first-order valence-corrected chi connectivity index (χ1v) is 6.49. The molecule has 0 saturated carbocycles. The van der Waals surface area contributed by atoms with Gasteiger partial charge in [0.25, 0.3) is 0 Å². The number of thioether (sulfide) groups is 1. The molecule has 0 aromatic heterocycles. The fourth-order valence-electron chi connectivity index (χ4n) is 0.908. The van der Waals surface area contributed by atoms with E-state index >= 15 is 0 Å². The van der Waals surface area contributed by atoms with Gasteiger partial charge in [-0.15, -0.1) is 11.8 Å². The van der Waals surface area contributed by atoms with E-state index in [-0.39, 0.29) is 0 Å². The lowest BCUT2D eigenvalue weighted by molar-refractivity contribution is 0.0816. The van der Waals surface area contributed by atoms with Crippen molar-refractivity contribution in [2.75, 3.05) is 5.75 Å². The molecule has 0 bridgehead atoms. The Kier molecular flexibility index (Phi) is 4.78. The highest BCUT2D eigenvalue weighted by Crippen LogP contribution is 2.30.